The summed E-state index contributed by atoms with van der Waals surface area (Å²) in [6, 6.07) is 8.33. The molecule has 4 rings (SSSR count). The molecule has 0 saturated carbocycles. The van der Waals surface area contributed by atoms with Gasteiger partial charge in [0, 0.05) is 55.6 Å². The highest BCUT2D eigenvalue weighted by Gasteiger charge is 2.35. The van der Waals surface area contributed by atoms with Crippen LogP contribution in [-0.4, -0.2) is 61.8 Å². The average Bonchev–Trinajstić information content (AvgIpc) is 3.75. The van der Waals surface area contributed by atoms with E-state index >= 15 is 0 Å². The van der Waals surface area contributed by atoms with Crippen molar-refractivity contribution in [3.8, 4) is 11.5 Å². The number of epoxide rings is 2. The van der Waals surface area contributed by atoms with Crippen LogP contribution in [0.4, 0.5) is 11.4 Å². The van der Waals surface area contributed by atoms with Crippen molar-refractivity contribution in [1.29, 1.82) is 0 Å². The van der Waals surface area contributed by atoms with Crippen LogP contribution >= 0.6 is 0 Å². The van der Waals surface area contributed by atoms with Gasteiger partial charge in [0.05, 0.1) is 36.8 Å². The zero-order valence-electron chi connectivity index (χ0n) is 22.2. The van der Waals surface area contributed by atoms with E-state index in [9.17, 15) is 10.2 Å². The minimum Gasteiger partial charge on any atom is -0.505 e. The van der Waals surface area contributed by atoms with E-state index in [1.54, 1.807) is 0 Å². The molecule has 2 unspecified atom stereocenters. The molecule has 2 aromatic carbocycles. The highest BCUT2D eigenvalue weighted by Crippen LogP contribution is 2.49. The maximum atomic E-state index is 11.7. The third kappa shape index (κ3) is 5.10. The number of ether oxygens (including phenoxy) is 2. The fraction of sp³-hybridized carbons (Fsp3) is 0.586. The lowest BCUT2D eigenvalue weighted by Crippen LogP contribution is -2.27. The first-order valence-electron chi connectivity index (χ1n) is 13.2. The van der Waals surface area contributed by atoms with Crippen molar-refractivity contribution in [2.45, 2.75) is 72.0 Å². The summed E-state index contributed by atoms with van der Waals surface area (Å²) in [5.41, 5.74) is 5.03. The van der Waals surface area contributed by atoms with Crippen LogP contribution in [0, 0.1) is 0 Å². The summed E-state index contributed by atoms with van der Waals surface area (Å²) >= 11 is 0. The predicted octanol–water partition coefficient (Wildman–Crippen LogP) is 5.00. The number of benzene rings is 2. The second-order valence-corrected chi connectivity index (χ2v) is 10.2. The van der Waals surface area contributed by atoms with E-state index in [1.165, 1.54) is 0 Å². The standard InChI is InChI=1S/C29H42N2O4/c1-7-30(8-2)25-19(15-21-17-34-21)11-13-23(27(25)32)29(5,6)24-14-12-20(16-22-18-35-22)26(28(24)33)31(9-3)10-4/h11-14,21-22,32-33H,7-10,15-18H2,1-6H3. The lowest BCUT2D eigenvalue weighted by Gasteiger charge is -2.34. The molecule has 2 aliphatic heterocycles. The van der Waals surface area contributed by atoms with Gasteiger partial charge < -0.3 is 29.5 Å². The Balaban J connectivity index is 1.82. The van der Waals surface area contributed by atoms with E-state index in [0.717, 1.165) is 85.9 Å². The smallest absolute Gasteiger partial charge is 0.143 e. The first-order valence-corrected chi connectivity index (χ1v) is 13.2. The number of hydrogen-bond acceptors (Lipinski definition) is 6. The molecule has 0 aromatic heterocycles. The number of anilines is 2. The fourth-order valence-electron chi connectivity index (χ4n) is 5.37. The molecule has 0 bridgehead atoms. The zero-order chi connectivity index (χ0) is 25.3. The number of phenols is 2. The first kappa shape index (κ1) is 25.6. The van der Waals surface area contributed by atoms with Crippen molar-refractivity contribution >= 4 is 11.4 Å². The Kier molecular flexibility index (Phi) is 7.53. The zero-order valence-corrected chi connectivity index (χ0v) is 22.2. The number of hydrogen-bond donors (Lipinski definition) is 2. The third-order valence-corrected chi connectivity index (χ3v) is 7.68. The van der Waals surface area contributed by atoms with Gasteiger partial charge in [-0.05, 0) is 38.8 Å². The van der Waals surface area contributed by atoms with Gasteiger partial charge in [0.1, 0.15) is 11.5 Å². The molecule has 6 heteroatoms. The highest BCUT2D eigenvalue weighted by atomic mass is 16.6. The van der Waals surface area contributed by atoms with Gasteiger partial charge in [-0.15, -0.1) is 0 Å². The number of aromatic hydroxyl groups is 2. The molecule has 0 radical (unpaired) electrons. The lowest BCUT2D eigenvalue weighted by molar-refractivity contribution is 0.406. The fourth-order valence-corrected chi connectivity index (χ4v) is 5.37. The van der Waals surface area contributed by atoms with Crippen LogP contribution in [-0.2, 0) is 27.7 Å². The molecule has 2 fully saturated rings. The Morgan fingerprint density at radius 2 is 1.06 bits per heavy atom. The van der Waals surface area contributed by atoms with E-state index in [4.69, 9.17) is 9.47 Å². The molecule has 0 spiro atoms. The van der Waals surface area contributed by atoms with E-state index < -0.39 is 5.41 Å². The maximum Gasteiger partial charge on any atom is 0.143 e. The first-order chi connectivity index (χ1) is 16.8. The monoisotopic (exact) mass is 482 g/mol. The van der Waals surface area contributed by atoms with E-state index in [2.05, 4.69) is 63.5 Å². The minimum absolute atomic E-state index is 0.242. The summed E-state index contributed by atoms with van der Waals surface area (Å²) in [6.07, 6.45) is 2.09. The van der Waals surface area contributed by atoms with Crippen LogP contribution in [0.3, 0.4) is 0 Å². The molecule has 2 atom stereocenters. The molecule has 2 aromatic rings. The summed E-state index contributed by atoms with van der Waals surface area (Å²) in [7, 11) is 0. The Morgan fingerprint density at radius 3 is 1.34 bits per heavy atom. The van der Waals surface area contributed by atoms with Gasteiger partial charge in [-0.1, -0.05) is 38.1 Å². The summed E-state index contributed by atoms with van der Waals surface area (Å²) in [6.45, 7) is 17.4. The van der Waals surface area contributed by atoms with Gasteiger partial charge in [0.25, 0.3) is 0 Å². The molecule has 2 saturated heterocycles. The highest BCUT2D eigenvalue weighted by molar-refractivity contribution is 5.72. The van der Waals surface area contributed by atoms with Crippen LogP contribution < -0.4 is 9.80 Å². The SMILES string of the molecule is CCN(CC)c1c(CC2CO2)ccc(C(C)(C)c2ccc(CC3CO3)c(N(CC)CC)c2O)c1O. The summed E-state index contributed by atoms with van der Waals surface area (Å²) in [4.78, 5) is 4.43. The van der Waals surface area contributed by atoms with Gasteiger partial charge in [-0.25, -0.2) is 0 Å². The largest absolute Gasteiger partial charge is 0.505 e. The second-order valence-electron chi connectivity index (χ2n) is 10.2. The van der Waals surface area contributed by atoms with E-state index in [0.29, 0.717) is 11.5 Å². The molecule has 2 aliphatic rings. The van der Waals surface area contributed by atoms with Crippen molar-refractivity contribution in [1.82, 2.24) is 0 Å². The van der Waals surface area contributed by atoms with Gasteiger partial charge in [-0.3, -0.25) is 0 Å². The van der Waals surface area contributed by atoms with Crippen molar-refractivity contribution in [2.24, 2.45) is 0 Å². The molecular formula is C29H42N2O4. The van der Waals surface area contributed by atoms with Gasteiger partial charge in [-0.2, -0.15) is 0 Å². The Bertz CT molecular complexity index is 954. The molecule has 35 heavy (non-hydrogen) atoms. The minimum atomic E-state index is -0.610. The van der Waals surface area contributed by atoms with Crippen molar-refractivity contribution in [3.05, 3.63) is 46.5 Å². The van der Waals surface area contributed by atoms with Crippen molar-refractivity contribution in [3.63, 3.8) is 0 Å². The lowest BCUT2D eigenvalue weighted by atomic mass is 9.75. The van der Waals surface area contributed by atoms with Gasteiger partial charge in [0.15, 0.2) is 0 Å². The molecular weight excluding hydrogens is 440 g/mol. The third-order valence-electron chi connectivity index (χ3n) is 7.68. The number of nitrogens with zero attached hydrogens (tertiary/aromatic N) is 2. The van der Waals surface area contributed by atoms with Crippen LogP contribution in [0.15, 0.2) is 24.3 Å². The molecule has 192 valence electrons. The van der Waals surface area contributed by atoms with Crippen molar-refractivity contribution in [2.75, 3.05) is 49.2 Å². The van der Waals surface area contributed by atoms with E-state index in [1.807, 2.05) is 12.1 Å². The quantitative estimate of drug-likeness (QED) is 0.415. The molecule has 0 aliphatic carbocycles. The predicted molar refractivity (Wildman–Crippen MR) is 142 cm³/mol. The average molecular weight is 483 g/mol. The summed E-state index contributed by atoms with van der Waals surface area (Å²) in [5.74, 6) is 0.604. The Labute approximate surface area is 210 Å². The summed E-state index contributed by atoms with van der Waals surface area (Å²) < 4.78 is 11.0. The van der Waals surface area contributed by atoms with Crippen LogP contribution in [0.1, 0.15) is 63.8 Å². The van der Waals surface area contributed by atoms with E-state index in [-0.39, 0.29) is 12.2 Å². The maximum absolute atomic E-state index is 11.7. The molecule has 6 nitrogen and oxygen atoms in total. The van der Waals surface area contributed by atoms with Gasteiger partial charge >= 0.3 is 0 Å². The Morgan fingerprint density at radius 1 is 0.714 bits per heavy atom. The molecule has 2 heterocycles. The second kappa shape index (κ2) is 10.3. The number of phenolic OH excluding ortho intramolecular Hbond substituents is 2. The number of rotatable bonds is 12. The van der Waals surface area contributed by atoms with Crippen molar-refractivity contribution < 1.29 is 19.7 Å². The Hall–Kier alpha value is -2.44. The summed E-state index contributed by atoms with van der Waals surface area (Å²) in [5, 5.41) is 23.4. The van der Waals surface area contributed by atoms with Crippen LogP contribution in [0.5, 0.6) is 11.5 Å². The van der Waals surface area contributed by atoms with Crippen LogP contribution in [0.25, 0.3) is 0 Å². The normalized spacial score (nSPS) is 19.0. The molecule has 2 N–H and O–H groups in total. The molecule has 0 amide bonds. The topological polar surface area (TPSA) is 72.0 Å². The van der Waals surface area contributed by atoms with Crippen LogP contribution in [0.2, 0.25) is 0 Å². The van der Waals surface area contributed by atoms with Gasteiger partial charge in [0.2, 0.25) is 0 Å².